The van der Waals surface area contributed by atoms with E-state index in [4.69, 9.17) is 10.5 Å². The van der Waals surface area contributed by atoms with Gasteiger partial charge in [-0.1, -0.05) is 12.1 Å². The number of nitrogens with two attached hydrogens (primary N) is 1. The third-order valence-corrected chi connectivity index (χ3v) is 2.70. The number of likely N-dealkylation sites (N-methyl/N-ethyl adjacent to an activating group) is 1. The van der Waals surface area contributed by atoms with Crippen LogP contribution in [0.4, 0.5) is 0 Å². The topological polar surface area (TPSA) is 67.6 Å². The second-order valence-corrected chi connectivity index (χ2v) is 5.26. The summed E-state index contributed by atoms with van der Waals surface area (Å²) in [5, 5.41) is 2.85. The van der Waals surface area contributed by atoms with Crippen LogP contribution in [0, 0.1) is 0 Å². The molecule has 0 aliphatic carbocycles. The molecule has 3 N–H and O–H groups in total. The first-order valence-electron chi connectivity index (χ1n) is 6.86. The second-order valence-electron chi connectivity index (χ2n) is 5.26. The van der Waals surface area contributed by atoms with Crippen molar-refractivity contribution in [3.63, 3.8) is 0 Å². The van der Waals surface area contributed by atoms with Crippen molar-refractivity contribution in [3.05, 3.63) is 29.8 Å². The first kappa shape index (κ1) is 23.3. The van der Waals surface area contributed by atoms with E-state index in [2.05, 4.69) is 10.2 Å². The molecule has 5 nitrogen and oxygen atoms in total. The number of hydrogen-bond donors (Lipinski definition) is 2. The zero-order valence-corrected chi connectivity index (χ0v) is 15.0. The van der Waals surface area contributed by atoms with Gasteiger partial charge in [0.25, 0.3) is 0 Å². The van der Waals surface area contributed by atoms with E-state index in [0.717, 1.165) is 17.9 Å². The number of hydrogen-bond acceptors (Lipinski definition) is 4. The van der Waals surface area contributed by atoms with E-state index in [1.165, 1.54) is 0 Å². The molecule has 1 amide bonds. The van der Waals surface area contributed by atoms with Crippen molar-refractivity contribution in [2.24, 2.45) is 5.73 Å². The van der Waals surface area contributed by atoms with Crippen LogP contribution in [0.3, 0.4) is 0 Å². The van der Waals surface area contributed by atoms with Gasteiger partial charge in [0.1, 0.15) is 12.4 Å². The van der Waals surface area contributed by atoms with Gasteiger partial charge in [-0.3, -0.25) is 4.79 Å². The molecule has 0 saturated heterocycles. The molecule has 1 rings (SSSR count). The van der Waals surface area contributed by atoms with Crippen molar-refractivity contribution in [1.29, 1.82) is 0 Å². The fraction of sp³-hybridized carbons (Fsp3) is 0.533. The second kappa shape index (κ2) is 12.5. The van der Waals surface area contributed by atoms with Gasteiger partial charge in [-0.25, -0.2) is 0 Å². The van der Waals surface area contributed by atoms with E-state index in [9.17, 15) is 4.79 Å². The molecule has 0 saturated carbocycles. The van der Waals surface area contributed by atoms with Crippen LogP contribution in [0.15, 0.2) is 24.3 Å². The molecule has 128 valence electrons. The van der Waals surface area contributed by atoms with Crippen molar-refractivity contribution < 1.29 is 9.53 Å². The van der Waals surface area contributed by atoms with Crippen LogP contribution in [0.25, 0.3) is 0 Å². The number of carbonyl (C=O) groups excluding carboxylic acids is 1. The maximum absolute atomic E-state index is 11.5. The number of benzene rings is 1. The van der Waals surface area contributed by atoms with Crippen LogP contribution in [0.2, 0.25) is 0 Å². The third-order valence-electron chi connectivity index (χ3n) is 2.70. The Morgan fingerprint density at radius 1 is 1.36 bits per heavy atom. The van der Waals surface area contributed by atoms with E-state index in [1.807, 2.05) is 45.3 Å². The number of rotatable bonds is 8. The Balaban J connectivity index is 0. The van der Waals surface area contributed by atoms with Gasteiger partial charge in [0.2, 0.25) is 5.91 Å². The minimum Gasteiger partial charge on any atom is -0.492 e. The molecule has 1 aromatic rings. The Morgan fingerprint density at radius 2 is 2.05 bits per heavy atom. The molecule has 1 unspecified atom stereocenters. The van der Waals surface area contributed by atoms with E-state index < -0.39 is 0 Å². The average molecular weight is 352 g/mol. The van der Waals surface area contributed by atoms with E-state index in [-0.39, 0.29) is 36.8 Å². The first-order valence-corrected chi connectivity index (χ1v) is 6.86. The molecule has 0 bridgehead atoms. The predicted molar refractivity (Wildman–Crippen MR) is 95.1 cm³/mol. The number of ether oxygens (including phenoxy) is 1. The summed E-state index contributed by atoms with van der Waals surface area (Å²) in [7, 11) is 4.02. The first-order chi connectivity index (χ1) is 9.47. The Morgan fingerprint density at radius 3 is 2.64 bits per heavy atom. The van der Waals surface area contributed by atoms with Crippen LogP contribution in [-0.2, 0) is 11.3 Å². The lowest BCUT2D eigenvalue weighted by molar-refractivity contribution is -0.121. The lowest BCUT2D eigenvalue weighted by atomic mass is 10.2. The van der Waals surface area contributed by atoms with Crippen LogP contribution in [0.5, 0.6) is 5.75 Å². The summed E-state index contributed by atoms with van der Waals surface area (Å²) in [5.74, 6) is 0.796. The third kappa shape index (κ3) is 10.7. The van der Waals surface area contributed by atoms with Crippen LogP contribution in [-0.4, -0.2) is 44.1 Å². The molecule has 0 aliphatic heterocycles. The fourth-order valence-corrected chi connectivity index (χ4v) is 1.66. The maximum atomic E-state index is 11.5. The molecule has 1 aromatic carbocycles. The standard InChI is InChI=1S/C15H25N3O2.2ClH/c1-12(16)9-15(19)17-11-13-5-4-6-14(10-13)20-8-7-18(2)3;;/h4-6,10,12H,7-9,11,16H2,1-3H3,(H,17,19);2*1H. The molecule has 0 heterocycles. The maximum Gasteiger partial charge on any atom is 0.221 e. The number of amides is 1. The number of carbonyl (C=O) groups is 1. The summed E-state index contributed by atoms with van der Waals surface area (Å²) in [6.45, 7) is 3.83. The van der Waals surface area contributed by atoms with Crippen molar-refractivity contribution in [1.82, 2.24) is 10.2 Å². The normalized spacial score (nSPS) is 11.1. The van der Waals surface area contributed by atoms with Gasteiger partial charge in [0.05, 0.1) is 0 Å². The quantitative estimate of drug-likeness (QED) is 0.749. The van der Waals surface area contributed by atoms with E-state index in [0.29, 0.717) is 19.6 Å². The van der Waals surface area contributed by atoms with Crippen molar-refractivity contribution in [3.8, 4) is 5.75 Å². The molecular formula is C15H27Cl2N3O2. The smallest absolute Gasteiger partial charge is 0.221 e. The van der Waals surface area contributed by atoms with Gasteiger partial charge in [-0.2, -0.15) is 0 Å². The Labute approximate surface area is 145 Å². The van der Waals surface area contributed by atoms with Gasteiger partial charge in [0, 0.05) is 25.6 Å². The highest BCUT2D eigenvalue weighted by Gasteiger charge is 2.05. The summed E-state index contributed by atoms with van der Waals surface area (Å²) in [5.41, 5.74) is 6.60. The van der Waals surface area contributed by atoms with Crippen LogP contribution < -0.4 is 15.8 Å². The molecule has 1 atom stereocenters. The molecular weight excluding hydrogens is 325 g/mol. The van der Waals surface area contributed by atoms with Gasteiger partial charge >= 0.3 is 0 Å². The lowest BCUT2D eigenvalue weighted by Gasteiger charge is -2.12. The lowest BCUT2D eigenvalue weighted by Crippen LogP contribution is -2.29. The fourth-order valence-electron chi connectivity index (χ4n) is 1.66. The Kier molecular flexibility index (Phi) is 13.2. The molecule has 0 aromatic heterocycles. The average Bonchev–Trinajstić information content (AvgIpc) is 2.36. The summed E-state index contributed by atoms with van der Waals surface area (Å²) < 4.78 is 5.65. The molecule has 0 fully saturated rings. The van der Waals surface area contributed by atoms with Crippen molar-refractivity contribution >= 4 is 30.7 Å². The minimum atomic E-state index is -0.115. The molecule has 0 spiro atoms. The SMILES string of the molecule is CC(N)CC(=O)NCc1cccc(OCCN(C)C)c1.Cl.Cl. The summed E-state index contributed by atoms with van der Waals surface area (Å²) in [6, 6.07) is 7.64. The van der Waals surface area contributed by atoms with Gasteiger partial charge in [0.15, 0.2) is 0 Å². The predicted octanol–water partition coefficient (Wildman–Crippen LogP) is 1.82. The van der Waals surface area contributed by atoms with E-state index in [1.54, 1.807) is 0 Å². The summed E-state index contributed by atoms with van der Waals surface area (Å²) in [4.78, 5) is 13.6. The van der Waals surface area contributed by atoms with Crippen LogP contribution in [0.1, 0.15) is 18.9 Å². The zero-order valence-electron chi connectivity index (χ0n) is 13.4. The summed E-state index contributed by atoms with van der Waals surface area (Å²) >= 11 is 0. The highest BCUT2D eigenvalue weighted by Crippen LogP contribution is 2.13. The highest BCUT2D eigenvalue weighted by atomic mass is 35.5. The number of nitrogens with one attached hydrogen (secondary N) is 1. The van der Waals surface area contributed by atoms with Gasteiger partial charge < -0.3 is 20.7 Å². The number of nitrogens with zero attached hydrogens (tertiary/aromatic N) is 1. The summed E-state index contributed by atoms with van der Waals surface area (Å²) in [6.07, 6.45) is 0.346. The number of halogens is 2. The Bertz CT molecular complexity index is 429. The largest absolute Gasteiger partial charge is 0.492 e. The van der Waals surface area contributed by atoms with Gasteiger partial charge in [-0.15, -0.1) is 24.8 Å². The monoisotopic (exact) mass is 351 g/mol. The Hall–Kier alpha value is -1.01. The molecule has 0 radical (unpaired) electrons. The van der Waals surface area contributed by atoms with Crippen LogP contribution >= 0.6 is 24.8 Å². The zero-order chi connectivity index (χ0) is 15.0. The molecule has 7 heteroatoms. The van der Waals surface area contributed by atoms with E-state index >= 15 is 0 Å². The molecule has 0 aliphatic rings. The highest BCUT2D eigenvalue weighted by molar-refractivity contribution is 5.85. The van der Waals surface area contributed by atoms with Crippen molar-refractivity contribution in [2.75, 3.05) is 27.2 Å². The molecule has 22 heavy (non-hydrogen) atoms. The minimum absolute atomic E-state index is 0. The van der Waals surface area contributed by atoms with Crippen molar-refractivity contribution in [2.45, 2.75) is 25.9 Å². The van der Waals surface area contributed by atoms with Gasteiger partial charge in [-0.05, 0) is 38.7 Å².